The highest BCUT2D eigenvalue weighted by Gasteiger charge is 2.44. The SMILES string of the molecule is COc1cc(CNC(=S)N2CCC(N3C(=O)OCC3(C)C)CC2)cc(OC)c1OC. The molecule has 3 rings (SSSR count). The van der Waals surface area contributed by atoms with E-state index < -0.39 is 0 Å². The van der Waals surface area contributed by atoms with Crippen molar-refractivity contribution in [3.8, 4) is 17.2 Å². The van der Waals surface area contributed by atoms with Gasteiger partial charge in [0, 0.05) is 25.7 Å². The van der Waals surface area contributed by atoms with Crippen LogP contribution in [0.15, 0.2) is 12.1 Å². The van der Waals surface area contributed by atoms with Crippen molar-refractivity contribution < 1.29 is 23.7 Å². The van der Waals surface area contributed by atoms with E-state index in [9.17, 15) is 4.79 Å². The smallest absolute Gasteiger partial charge is 0.410 e. The highest BCUT2D eigenvalue weighted by atomic mass is 32.1. The average molecular weight is 438 g/mol. The number of piperidine rings is 1. The van der Waals surface area contributed by atoms with Gasteiger partial charge in [0.1, 0.15) is 6.61 Å². The summed E-state index contributed by atoms with van der Waals surface area (Å²) >= 11 is 5.61. The van der Waals surface area contributed by atoms with Crippen LogP contribution in [0.3, 0.4) is 0 Å². The van der Waals surface area contributed by atoms with Crippen LogP contribution in [0.2, 0.25) is 0 Å². The quantitative estimate of drug-likeness (QED) is 0.682. The van der Waals surface area contributed by atoms with Crippen LogP contribution >= 0.6 is 12.2 Å². The molecular formula is C21H31N3O5S. The van der Waals surface area contributed by atoms with Gasteiger partial charge in [-0.3, -0.25) is 4.90 Å². The predicted octanol–water partition coefficient (Wildman–Crippen LogP) is 2.78. The minimum atomic E-state index is -0.255. The van der Waals surface area contributed by atoms with E-state index in [1.807, 2.05) is 30.9 Å². The zero-order valence-corrected chi connectivity index (χ0v) is 19.1. The first-order valence-corrected chi connectivity index (χ1v) is 10.5. The summed E-state index contributed by atoms with van der Waals surface area (Å²) in [4.78, 5) is 16.2. The van der Waals surface area contributed by atoms with Crippen molar-refractivity contribution in [2.24, 2.45) is 0 Å². The van der Waals surface area contributed by atoms with Gasteiger partial charge < -0.3 is 29.2 Å². The Bertz CT molecular complexity index is 768. The van der Waals surface area contributed by atoms with Crippen LogP contribution in [-0.2, 0) is 11.3 Å². The van der Waals surface area contributed by atoms with E-state index >= 15 is 0 Å². The Kier molecular flexibility index (Phi) is 6.80. The van der Waals surface area contributed by atoms with E-state index in [2.05, 4.69) is 10.2 Å². The maximum atomic E-state index is 12.1. The van der Waals surface area contributed by atoms with Gasteiger partial charge in [-0.05, 0) is 56.6 Å². The number of benzene rings is 1. The largest absolute Gasteiger partial charge is 0.493 e. The molecule has 0 bridgehead atoms. The summed E-state index contributed by atoms with van der Waals surface area (Å²) in [6.07, 6.45) is 1.52. The second-order valence-electron chi connectivity index (χ2n) is 8.15. The maximum absolute atomic E-state index is 12.1. The number of cyclic esters (lactones) is 1. The topological polar surface area (TPSA) is 72.5 Å². The van der Waals surface area contributed by atoms with Crippen LogP contribution in [-0.4, -0.2) is 73.6 Å². The van der Waals surface area contributed by atoms with Crippen LogP contribution in [0, 0.1) is 0 Å². The Hall–Kier alpha value is -2.42. The molecule has 2 fully saturated rings. The van der Waals surface area contributed by atoms with E-state index in [4.69, 9.17) is 31.2 Å². The monoisotopic (exact) mass is 437 g/mol. The second kappa shape index (κ2) is 9.16. The van der Waals surface area contributed by atoms with Crippen LogP contribution in [0.1, 0.15) is 32.3 Å². The van der Waals surface area contributed by atoms with Gasteiger partial charge in [0.2, 0.25) is 5.75 Å². The first-order valence-electron chi connectivity index (χ1n) is 10.1. The van der Waals surface area contributed by atoms with E-state index in [0.717, 1.165) is 31.5 Å². The highest BCUT2D eigenvalue weighted by molar-refractivity contribution is 7.80. The Morgan fingerprint density at radius 3 is 2.23 bits per heavy atom. The summed E-state index contributed by atoms with van der Waals surface area (Å²) in [6, 6.07) is 4.00. The molecule has 1 amide bonds. The number of hydrogen-bond acceptors (Lipinski definition) is 6. The van der Waals surface area contributed by atoms with Gasteiger partial charge in [-0.25, -0.2) is 4.79 Å². The molecule has 2 aliphatic heterocycles. The standard InChI is InChI=1S/C21H31N3O5S/c1-21(2)13-29-20(25)24(21)15-6-8-23(9-7-15)19(30)22-12-14-10-16(26-3)18(28-5)17(11-14)27-4/h10-11,15H,6-9,12-13H2,1-5H3,(H,22,30). The van der Waals surface area contributed by atoms with Crippen molar-refractivity contribution in [1.82, 2.24) is 15.1 Å². The number of carbonyl (C=O) groups is 1. The normalized spacial score (nSPS) is 18.8. The van der Waals surface area contributed by atoms with Crippen LogP contribution in [0.5, 0.6) is 17.2 Å². The third kappa shape index (κ3) is 4.50. The summed E-state index contributed by atoms with van der Waals surface area (Å²) in [5.74, 6) is 1.79. The van der Waals surface area contributed by atoms with Gasteiger partial charge in [-0.2, -0.15) is 0 Å². The number of rotatable bonds is 6. The molecule has 166 valence electrons. The number of thiocarbonyl (C=S) groups is 1. The number of methoxy groups -OCH3 is 3. The van der Waals surface area contributed by atoms with Crippen molar-refractivity contribution in [3.63, 3.8) is 0 Å². The van der Waals surface area contributed by atoms with Gasteiger partial charge in [0.25, 0.3) is 0 Å². The Labute approximate surface area is 183 Å². The van der Waals surface area contributed by atoms with Gasteiger partial charge >= 0.3 is 6.09 Å². The zero-order valence-electron chi connectivity index (χ0n) is 18.3. The number of nitrogens with zero attached hydrogens (tertiary/aromatic N) is 2. The highest BCUT2D eigenvalue weighted by Crippen LogP contribution is 2.38. The first kappa shape index (κ1) is 22.3. The molecule has 9 heteroatoms. The van der Waals surface area contributed by atoms with Gasteiger partial charge in [-0.15, -0.1) is 0 Å². The van der Waals surface area contributed by atoms with Gasteiger partial charge in [0.05, 0.1) is 26.9 Å². The van der Waals surface area contributed by atoms with Crippen LogP contribution in [0.25, 0.3) is 0 Å². The molecule has 0 spiro atoms. The van der Waals surface area contributed by atoms with Crippen LogP contribution in [0.4, 0.5) is 4.79 Å². The second-order valence-corrected chi connectivity index (χ2v) is 8.53. The maximum Gasteiger partial charge on any atom is 0.410 e. The molecule has 2 heterocycles. The van der Waals surface area contributed by atoms with E-state index in [1.54, 1.807) is 21.3 Å². The molecule has 0 unspecified atom stereocenters. The molecule has 1 aromatic carbocycles. The molecule has 0 saturated carbocycles. The number of likely N-dealkylation sites (tertiary alicyclic amines) is 1. The lowest BCUT2D eigenvalue weighted by molar-refractivity contribution is 0.102. The fourth-order valence-corrected chi connectivity index (χ4v) is 4.38. The Morgan fingerprint density at radius 1 is 1.17 bits per heavy atom. The fraction of sp³-hybridized carbons (Fsp3) is 0.619. The zero-order chi connectivity index (χ0) is 21.9. The van der Waals surface area contributed by atoms with E-state index in [-0.39, 0.29) is 17.7 Å². The lowest BCUT2D eigenvalue weighted by Crippen LogP contribution is -2.54. The Morgan fingerprint density at radius 2 is 1.77 bits per heavy atom. The molecule has 2 saturated heterocycles. The number of nitrogens with one attached hydrogen (secondary N) is 1. The third-order valence-electron chi connectivity index (χ3n) is 5.68. The molecular weight excluding hydrogens is 406 g/mol. The van der Waals surface area contributed by atoms with E-state index in [0.29, 0.717) is 35.5 Å². The number of carbonyl (C=O) groups excluding carboxylic acids is 1. The molecule has 0 aliphatic carbocycles. The van der Waals surface area contributed by atoms with E-state index in [1.165, 1.54) is 0 Å². The van der Waals surface area contributed by atoms with Crippen LogP contribution < -0.4 is 19.5 Å². The molecule has 1 aromatic rings. The van der Waals surface area contributed by atoms with Crippen molar-refractivity contribution in [2.75, 3.05) is 41.0 Å². The number of hydrogen-bond donors (Lipinski definition) is 1. The summed E-state index contributed by atoms with van der Waals surface area (Å²) < 4.78 is 21.4. The van der Waals surface area contributed by atoms with Crippen molar-refractivity contribution >= 4 is 23.4 Å². The third-order valence-corrected chi connectivity index (χ3v) is 6.09. The van der Waals surface area contributed by atoms with Crippen molar-refractivity contribution in [3.05, 3.63) is 17.7 Å². The number of amides is 1. The van der Waals surface area contributed by atoms with Gasteiger partial charge in [-0.1, -0.05) is 0 Å². The fourth-order valence-electron chi connectivity index (χ4n) is 4.12. The van der Waals surface area contributed by atoms with Crippen molar-refractivity contribution in [1.29, 1.82) is 0 Å². The molecule has 8 nitrogen and oxygen atoms in total. The molecule has 30 heavy (non-hydrogen) atoms. The van der Waals surface area contributed by atoms with Gasteiger partial charge in [0.15, 0.2) is 16.6 Å². The summed E-state index contributed by atoms with van der Waals surface area (Å²) in [6.45, 7) is 6.68. The summed E-state index contributed by atoms with van der Waals surface area (Å²) in [7, 11) is 4.78. The number of ether oxygens (including phenoxy) is 4. The molecule has 0 radical (unpaired) electrons. The first-order chi connectivity index (χ1) is 14.3. The molecule has 0 aromatic heterocycles. The predicted molar refractivity (Wildman–Crippen MR) is 117 cm³/mol. The lowest BCUT2D eigenvalue weighted by atomic mass is 9.97. The minimum Gasteiger partial charge on any atom is -0.493 e. The average Bonchev–Trinajstić information content (AvgIpc) is 3.03. The minimum absolute atomic E-state index is 0.184. The molecule has 1 N–H and O–H groups in total. The lowest BCUT2D eigenvalue weighted by Gasteiger charge is -2.41. The molecule has 2 aliphatic rings. The summed E-state index contributed by atoms with van der Waals surface area (Å²) in [5.41, 5.74) is 0.720. The van der Waals surface area contributed by atoms with Crippen molar-refractivity contribution in [2.45, 2.75) is 44.8 Å². The Balaban J connectivity index is 1.56. The molecule has 0 atom stereocenters. The summed E-state index contributed by atoms with van der Waals surface area (Å²) in [5, 5.41) is 4.02.